The summed E-state index contributed by atoms with van der Waals surface area (Å²) >= 11 is 1.60. The molecule has 1 aliphatic rings. The zero-order valence-electron chi connectivity index (χ0n) is 6.70. The van der Waals surface area contributed by atoms with Gasteiger partial charge in [-0.05, 0) is 0 Å². The third-order valence-electron chi connectivity index (χ3n) is 2.08. The van der Waals surface area contributed by atoms with Crippen molar-refractivity contribution >= 4 is 0 Å². The second kappa shape index (κ2) is 3.67. The van der Waals surface area contributed by atoms with E-state index in [9.17, 15) is 0 Å². The molecule has 0 aromatic carbocycles. The van der Waals surface area contributed by atoms with E-state index in [4.69, 9.17) is 0 Å². The second-order valence-electron chi connectivity index (χ2n) is 2.62. The Kier molecular flexibility index (Phi) is 3.10. The molecule has 0 aliphatic heterocycles. The SMILES string of the molecule is CCC1=CCC(CC)=[C]1[Zr]. The second-order valence-corrected chi connectivity index (χ2v) is 3.85. The summed E-state index contributed by atoms with van der Waals surface area (Å²) in [6, 6.07) is 0. The molecule has 0 aromatic rings. The quantitative estimate of drug-likeness (QED) is 0.660. The van der Waals surface area contributed by atoms with Crippen molar-refractivity contribution in [2.24, 2.45) is 0 Å². The van der Waals surface area contributed by atoms with Crippen LogP contribution in [0.15, 0.2) is 20.5 Å². The van der Waals surface area contributed by atoms with Crippen LogP contribution in [0.4, 0.5) is 0 Å². The van der Waals surface area contributed by atoms with Gasteiger partial charge in [-0.2, -0.15) is 0 Å². The Morgan fingerprint density at radius 2 is 2.10 bits per heavy atom. The monoisotopic (exact) mass is 211 g/mol. The van der Waals surface area contributed by atoms with Crippen molar-refractivity contribution in [2.75, 3.05) is 0 Å². The molecule has 1 heteroatoms. The van der Waals surface area contributed by atoms with Crippen LogP contribution in [0.1, 0.15) is 33.1 Å². The molecule has 1 rings (SSSR count). The zero-order chi connectivity index (χ0) is 7.56. The minimum absolute atomic E-state index is 1.23. The first-order chi connectivity index (χ1) is 4.79. The van der Waals surface area contributed by atoms with E-state index < -0.39 is 0 Å². The summed E-state index contributed by atoms with van der Waals surface area (Å²) in [5.74, 6) is 0. The normalized spacial score (nSPS) is 17.9. The van der Waals surface area contributed by atoms with Crippen LogP contribution >= 0.6 is 0 Å². The van der Waals surface area contributed by atoms with Crippen molar-refractivity contribution in [1.82, 2.24) is 0 Å². The third kappa shape index (κ3) is 1.50. The first-order valence-corrected chi connectivity index (χ1v) is 5.15. The van der Waals surface area contributed by atoms with Gasteiger partial charge in [0.2, 0.25) is 0 Å². The molecule has 0 N–H and O–H groups in total. The summed E-state index contributed by atoms with van der Waals surface area (Å²) in [6.07, 6.45) is 6.10. The fourth-order valence-corrected chi connectivity index (χ4v) is 2.69. The molecule has 10 heavy (non-hydrogen) atoms. The summed E-state index contributed by atoms with van der Waals surface area (Å²) in [5, 5.41) is 0. The number of hydrogen-bond donors (Lipinski definition) is 0. The summed E-state index contributed by atoms with van der Waals surface area (Å²) < 4.78 is 1.65. The predicted molar refractivity (Wildman–Crippen MR) is 40.3 cm³/mol. The molecule has 0 amide bonds. The average molecular weight is 212 g/mol. The van der Waals surface area contributed by atoms with Gasteiger partial charge in [0.1, 0.15) is 0 Å². The average Bonchev–Trinajstić information content (AvgIpc) is 2.30. The summed E-state index contributed by atoms with van der Waals surface area (Å²) in [5.41, 5.74) is 3.28. The Bertz CT molecular complexity index is 179. The summed E-state index contributed by atoms with van der Waals surface area (Å²) in [4.78, 5) is 0. The van der Waals surface area contributed by atoms with Gasteiger partial charge in [0, 0.05) is 0 Å². The molecular formula is C9H13Zr. The first-order valence-electron chi connectivity index (χ1n) is 3.92. The summed E-state index contributed by atoms with van der Waals surface area (Å²) in [6.45, 7) is 4.50. The van der Waals surface area contributed by atoms with Gasteiger partial charge in [-0.1, -0.05) is 0 Å². The Morgan fingerprint density at radius 1 is 1.40 bits per heavy atom. The molecule has 0 saturated carbocycles. The molecule has 0 spiro atoms. The van der Waals surface area contributed by atoms with Gasteiger partial charge in [-0.25, -0.2) is 0 Å². The van der Waals surface area contributed by atoms with Gasteiger partial charge in [-0.15, -0.1) is 0 Å². The topological polar surface area (TPSA) is 0 Å². The van der Waals surface area contributed by atoms with Crippen LogP contribution in [-0.4, -0.2) is 0 Å². The molecule has 0 radical (unpaired) electrons. The van der Waals surface area contributed by atoms with Crippen molar-refractivity contribution in [1.29, 1.82) is 0 Å². The number of hydrogen-bond acceptors (Lipinski definition) is 0. The minimum atomic E-state index is 1.23. The van der Waals surface area contributed by atoms with Crippen molar-refractivity contribution in [3.63, 3.8) is 0 Å². The molecule has 0 heterocycles. The fourth-order valence-electron chi connectivity index (χ4n) is 1.32. The Morgan fingerprint density at radius 3 is 2.40 bits per heavy atom. The molecule has 53 valence electrons. The van der Waals surface area contributed by atoms with Crippen LogP contribution in [-0.2, 0) is 24.7 Å². The molecule has 0 unspecified atom stereocenters. The van der Waals surface area contributed by atoms with Crippen molar-refractivity contribution < 1.29 is 24.7 Å². The number of allylic oxidation sites excluding steroid dienone is 4. The van der Waals surface area contributed by atoms with Crippen LogP contribution in [0.5, 0.6) is 0 Å². The molecule has 0 nitrogen and oxygen atoms in total. The van der Waals surface area contributed by atoms with E-state index in [1.165, 1.54) is 19.3 Å². The van der Waals surface area contributed by atoms with Crippen LogP contribution in [0.25, 0.3) is 0 Å². The first kappa shape index (κ1) is 8.46. The van der Waals surface area contributed by atoms with E-state index in [2.05, 4.69) is 19.9 Å². The van der Waals surface area contributed by atoms with Crippen molar-refractivity contribution in [2.45, 2.75) is 33.1 Å². The molecule has 0 fully saturated rings. The van der Waals surface area contributed by atoms with Gasteiger partial charge in [-0.3, -0.25) is 0 Å². The Labute approximate surface area is 78.2 Å². The van der Waals surface area contributed by atoms with Crippen LogP contribution in [0.3, 0.4) is 0 Å². The van der Waals surface area contributed by atoms with E-state index in [1.807, 2.05) is 0 Å². The molecular weight excluding hydrogens is 199 g/mol. The van der Waals surface area contributed by atoms with Gasteiger partial charge in [0.15, 0.2) is 0 Å². The predicted octanol–water partition coefficient (Wildman–Crippen LogP) is 2.94. The third-order valence-corrected chi connectivity index (χ3v) is 3.74. The van der Waals surface area contributed by atoms with Crippen molar-refractivity contribution in [3.8, 4) is 0 Å². The van der Waals surface area contributed by atoms with Gasteiger partial charge in [0.25, 0.3) is 0 Å². The standard InChI is InChI=1S/C9H13.Zr/c1-3-8-5-6-9(4-2)7-8;/h5H,3-4,6H2,1-2H3;. The molecule has 0 atom stereocenters. The van der Waals surface area contributed by atoms with E-state index in [-0.39, 0.29) is 0 Å². The molecule has 0 aromatic heterocycles. The Balaban J connectivity index is 2.75. The number of rotatable bonds is 2. The van der Waals surface area contributed by atoms with E-state index >= 15 is 0 Å². The van der Waals surface area contributed by atoms with E-state index in [1.54, 1.807) is 39.1 Å². The fraction of sp³-hybridized carbons (Fsp3) is 0.556. The van der Waals surface area contributed by atoms with E-state index in [0.29, 0.717) is 0 Å². The maximum atomic E-state index is 2.39. The van der Waals surface area contributed by atoms with Crippen LogP contribution in [0.2, 0.25) is 0 Å². The summed E-state index contributed by atoms with van der Waals surface area (Å²) in [7, 11) is 0. The molecule has 1 aliphatic carbocycles. The van der Waals surface area contributed by atoms with Gasteiger partial charge >= 0.3 is 78.3 Å². The van der Waals surface area contributed by atoms with E-state index in [0.717, 1.165) is 0 Å². The van der Waals surface area contributed by atoms with Crippen LogP contribution in [0, 0.1) is 0 Å². The maximum absolute atomic E-state index is 2.39. The van der Waals surface area contributed by atoms with Crippen LogP contribution < -0.4 is 0 Å². The molecule has 0 bridgehead atoms. The zero-order valence-corrected chi connectivity index (χ0v) is 9.16. The Hall–Kier alpha value is 0.363. The van der Waals surface area contributed by atoms with Gasteiger partial charge in [0.05, 0.1) is 0 Å². The van der Waals surface area contributed by atoms with Crippen molar-refractivity contribution in [3.05, 3.63) is 20.5 Å². The van der Waals surface area contributed by atoms with Gasteiger partial charge < -0.3 is 0 Å². The molecule has 0 saturated heterocycles.